The molecule has 2 heterocycles. The van der Waals surface area contributed by atoms with E-state index in [4.69, 9.17) is 4.74 Å². The van der Waals surface area contributed by atoms with E-state index < -0.39 is 0 Å². The summed E-state index contributed by atoms with van der Waals surface area (Å²) in [6, 6.07) is 16.4. The molecule has 0 radical (unpaired) electrons. The zero-order chi connectivity index (χ0) is 22.5. The van der Waals surface area contributed by atoms with Gasteiger partial charge in [0.1, 0.15) is 5.75 Å². The van der Waals surface area contributed by atoms with E-state index in [-0.39, 0.29) is 30.2 Å². The lowest BCUT2D eigenvalue weighted by Gasteiger charge is -2.29. The first-order chi connectivity index (χ1) is 15.5. The van der Waals surface area contributed by atoms with Gasteiger partial charge in [0.05, 0.1) is 19.1 Å². The first kappa shape index (κ1) is 22.3. The molecule has 0 bridgehead atoms. The van der Waals surface area contributed by atoms with Crippen LogP contribution >= 0.6 is 0 Å². The van der Waals surface area contributed by atoms with E-state index in [1.54, 1.807) is 12.0 Å². The fraction of sp³-hybridized carbons (Fsp3) is 0.462. The number of ether oxygens (including phenoxy) is 1. The van der Waals surface area contributed by atoms with Crippen molar-refractivity contribution >= 4 is 11.8 Å². The topological polar surface area (TPSA) is 61.9 Å². The highest BCUT2D eigenvalue weighted by Crippen LogP contribution is 2.28. The zero-order valence-corrected chi connectivity index (χ0v) is 19.0. The highest BCUT2D eigenvalue weighted by atomic mass is 16.5. The number of nitrogens with one attached hydrogen (secondary N) is 1. The Morgan fingerprint density at radius 2 is 1.91 bits per heavy atom. The Morgan fingerprint density at radius 1 is 1.16 bits per heavy atom. The standard InChI is InChI=1S/C26H33N3O3/c1-19-8-10-20(11-9-19)17-29-18-22(15-25(29)30)26(31)27-16-24(28-12-3-4-13-28)21-6-5-7-23(14-21)32-2/h5-11,14,22,24H,3-4,12-13,15-18H2,1-2H3,(H,27,31). The van der Waals surface area contributed by atoms with E-state index in [0.29, 0.717) is 19.6 Å². The molecule has 170 valence electrons. The van der Waals surface area contributed by atoms with Crippen LogP contribution in [0.5, 0.6) is 5.75 Å². The Morgan fingerprint density at radius 3 is 2.62 bits per heavy atom. The van der Waals surface area contributed by atoms with Gasteiger partial charge in [0, 0.05) is 26.1 Å². The molecule has 6 nitrogen and oxygen atoms in total. The summed E-state index contributed by atoms with van der Waals surface area (Å²) in [5.74, 6) is 0.551. The van der Waals surface area contributed by atoms with Gasteiger partial charge in [-0.25, -0.2) is 0 Å². The smallest absolute Gasteiger partial charge is 0.225 e. The predicted octanol–water partition coefficient (Wildman–Crippen LogP) is 3.31. The highest BCUT2D eigenvalue weighted by Gasteiger charge is 2.35. The minimum Gasteiger partial charge on any atom is -0.497 e. The minimum atomic E-state index is -0.294. The van der Waals surface area contributed by atoms with Crippen molar-refractivity contribution in [1.29, 1.82) is 0 Å². The molecular formula is C26H33N3O3. The summed E-state index contributed by atoms with van der Waals surface area (Å²) < 4.78 is 5.40. The van der Waals surface area contributed by atoms with Gasteiger partial charge in [-0.3, -0.25) is 14.5 Å². The molecule has 4 rings (SSSR count). The second-order valence-electron chi connectivity index (χ2n) is 8.94. The molecule has 1 N–H and O–H groups in total. The number of carbonyl (C=O) groups excluding carboxylic acids is 2. The van der Waals surface area contributed by atoms with Gasteiger partial charge in [-0.1, -0.05) is 42.0 Å². The van der Waals surface area contributed by atoms with Gasteiger partial charge in [0.2, 0.25) is 11.8 Å². The van der Waals surface area contributed by atoms with Crippen molar-refractivity contribution in [2.75, 3.05) is 33.3 Å². The summed E-state index contributed by atoms with van der Waals surface area (Å²) in [7, 11) is 1.67. The van der Waals surface area contributed by atoms with Crippen molar-refractivity contribution in [2.24, 2.45) is 5.92 Å². The van der Waals surface area contributed by atoms with Crippen molar-refractivity contribution in [2.45, 2.75) is 38.8 Å². The molecule has 2 amide bonds. The third kappa shape index (κ3) is 5.30. The third-order valence-corrected chi connectivity index (χ3v) is 6.61. The number of hydrogen-bond acceptors (Lipinski definition) is 4. The van der Waals surface area contributed by atoms with Crippen LogP contribution in [0.15, 0.2) is 48.5 Å². The van der Waals surface area contributed by atoms with Crippen LogP contribution in [0, 0.1) is 12.8 Å². The number of nitrogens with zero attached hydrogens (tertiary/aromatic N) is 2. The van der Waals surface area contributed by atoms with Gasteiger partial charge in [0.15, 0.2) is 0 Å². The van der Waals surface area contributed by atoms with Crippen LogP contribution < -0.4 is 10.1 Å². The van der Waals surface area contributed by atoms with Gasteiger partial charge in [0.25, 0.3) is 0 Å². The zero-order valence-electron chi connectivity index (χ0n) is 19.0. The summed E-state index contributed by atoms with van der Waals surface area (Å²) in [5.41, 5.74) is 3.44. The van der Waals surface area contributed by atoms with Crippen molar-refractivity contribution in [3.8, 4) is 5.75 Å². The second-order valence-corrected chi connectivity index (χ2v) is 8.94. The Kier molecular flexibility index (Phi) is 7.10. The van der Waals surface area contributed by atoms with Crippen molar-refractivity contribution in [1.82, 2.24) is 15.1 Å². The lowest BCUT2D eigenvalue weighted by Crippen LogP contribution is -2.40. The Labute approximate surface area is 190 Å². The minimum absolute atomic E-state index is 0.0307. The fourth-order valence-corrected chi connectivity index (χ4v) is 4.72. The molecule has 2 fully saturated rings. The van der Waals surface area contributed by atoms with Crippen LogP contribution in [-0.2, 0) is 16.1 Å². The molecule has 32 heavy (non-hydrogen) atoms. The monoisotopic (exact) mass is 435 g/mol. The fourth-order valence-electron chi connectivity index (χ4n) is 4.72. The number of hydrogen-bond donors (Lipinski definition) is 1. The predicted molar refractivity (Wildman–Crippen MR) is 124 cm³/mol. The van der Waals surface area contributed by atoms with Gasteiger partial charge in [-0.15, -0.1) is 0 Å². The molecule has 2 atom stereocenters. The Balaban J connectivity index is 1.37. The maximum Gasteiger partial charge on any atom is 0.225 e. The second kappa shape index (κ2) is 10.2. The summed E-state index contributed by atoms with van der Waals surface area (Å²) in [4.78, 5) is 29.7. The third-order valence-electron chi connectivity index (χ3n) is 6.61. The van der Waals surface area contributed by atoms with Gasteiger partial charge >= 0.3 is 0 Å². The number of benzene rings is 2. The maximum absolute atomic E-state index is 13.0. The quantitative estimate of drug-likeness (QED) is 0.691. The summed E-state index contributed by atoms with van der Waals surface area (Å²) in [6.45, 7) is 5.68. The van der Waals surface area contributed by atoms with Crippen molar-refractivity contribution < 1.29 is 14.3 Å². The molecule has 0 aliphatic carbocycles. The summed E-state index contributed by atoms with van der Waals surface area (Å²) >= 11 is 0. The Hall–Kier alpha value is -2.86. The molecule has 6 heteroatoms. The van der Waals surface area contributed by atoms with Gasteiger partial charge < -0.3 is 15.0 Å². The van der Waals surface area contributed by atoms with Gasteiger partial charge in [-0.05, 0) is 56.1 Å². The first-order valence-electron chi connectivity index (χ1n) is 11.5. The number of rotatable bonds is 8. The molecule has 2 aliphatic heterocycles. The summed E-state index contributed by atoms with van der Waals surface area (Å²) in [6.07, 6.45) is 2.64. The molecular weight excluding hydrogens is 402 g/mol. The van der Waals surface area contributed by atoms with Crippen LogP contribution in [-0.4, -0.2) is 54.9 Å². The van der Waals surface area contributed by atoms with E-state index in [1.807, 2.05) is 31.2 Å². The number of amides is 2. The van der Waals surface area contributed by atoms with Crippen molar-refractivity contribution in [3.63, 3.8) is 0 Å². The van der Waals surface area contributed by atoms with Crippen LogP contribution in [0.2, 0.25) is 0 Å². The van der Waals surface area contributed by atoms with Crippen LogP contribution in [0.3, 0.4) is 0 Å². The molecule has 2 saturated heterocycles. The highest BCUT2D eigenvalue weighted by molar-refractivity contribution is 5.89. The van der Waals surface area contributed by atoms with Crippen molar-refractivity contribution in [3.05, 3.63) is 65.2 Å². The average molecular weight is 436 g/mol. The first-order valence-corrected chi connectivity index (χ1v) is 11.5. The largest absolute Gasteiger partial charge is 0.497 e. The van der Waals surface area contributed by atoms with Crippen LogP contribution in [0.1, 0.15) is 42.0 Å². The van der Waals surface area contributed by atoms with E-state index in [2.05, 4.69) is 34.5 Å². The number of likely N-dealkylation sites (tertiary alicyclic amines) is 2. The van der Waals surface area contributed by atoms with Gasteiger partial charge in [-0.2, -0.15) is 0 Å². The van der Waals surface area contributed by atoms with E-state index in [1.165, 1.54) is 18.4 Å². The lowest BCUT2D eigenvalue weighted by molar-refractivity contribution is -0.129. The molecule has 2 aliphatic rings. The molecule has 2 unspecified atom stereocenters. The molecule has 0 spiro atoms. The van der Waals surface area contributed by atoms with Crippen LogP contribution in [0.25, 0.3) is 0 Å². The molecule has 2 aromatic rings. The Bertz CT molecular complexity index is 938. The molecule has 2 aromatic carbocycles. The van der Waals surface area contributed by atoms with Crippen LogP contribution in [0.4, 0.5) is 0 Å². The number of carbonyl (C=O) groups is 2. The normalized spacial score (nSPS) is 19.9. The number of methoxy groups -OCH3 is 1. The number of aryl methyl sites for hydroxylation is 1. The lowest BCUT2D eigenvalue weighted by atomic mass is 10.0. The molecule has 0 saturated carbocycles. The van der Waals surface area contributed by atoms with E-state index >= 15 is 0 Å². The maximum atomic E-state index is 13.0. The SMILES string of the molecule is COc1cccc(C(CNC(=O)C2CC(=O)N(Cc3ccc(C)cc3)C2)N2CCCC2)c1. The van der Waals surface area contributed by atoms with E-state index in [9.17, 15) is 9.59 Å². The molecule has 0 aromatic heterocycles. The van der Waals surface area contributed by atoms with E-state index in [0.717, 1.165) is 30.0 Å². The summed E-state index contributed by atoms with van der Waals surface area (Å²) in [5, 5.41) is 3.15. The average Bonchev–Trinajstić information content (AvgIpc) is 3.46.